The fraction of sp³-hybridized carbons (Fsp3) is 0.583. The summed E-state index contributed by atoms with van der Waals surface area (Å²) in [5.74, 6) is -0.446. The predicted molar refractivity (Wildman–Crippen MR) is 62.9 cm³/mol. The fourth-order valence-corrected chi connectivity index (χ4v) is 1.99. The van der Waals surface area contributed by atoms with Crippen molar-refractivity contribution in [1.29, 1.82) is 0 Å². The van der Waals surface area contributed by atoms with E-state index in [1.54, 1.807) is 13.1 Å². The number of pyridine rings is 1. The highest BCUT2D eigenvalue weighted by molar-refractivity contribution is 5.26. The van der Waals surface area contributed by atoms with E-state index in [4.69, 9.17) is 14.2 Å². The van der Waals surface area contributed by atoms with Crippen LogP contribution in [0.3, 0.4) is 0 Å². The van der Waals surface area contributed by atoms with Crippen LogP contribution in [-0.4, -0.2) is 38.6 Å². The van der Waals surface area contributed by atoms with E-state index in [0.717, 1.165) is 0 Å². The molecular formula is C12H17FN2O3. The largest absolute Gasteiger partial charge is 0.479 e. The second-order valence-electron chi connectivity index (χ2n) is 3.97. The van der Waals surface area contributed by atoms with Crippen LogP contribution in [-0.2, 0) is 9.47 Å². The Kier molecular flexibility index (Phi) is 4.46. The van der Waals surface area contributed by atoms with Gasteiger partial charge in [0.25, 0.3) is 0 Å². The minimum atomic E-state index is -0.447. The van der Waals surface area contributed by atoms with Crippen molar-refractivity contribution in [1.82, 2.24) is 10.3 Å². The SMILES string of the molecule is CNC(CC1OCCO1)c1ccnc(OC)c1F. The third-order valence-corrected chi connectivity index (χ3v) is 2.92. The maximum absolute atomic E-state index is 14.1. The molecule has 0 amide bonds. The molecule has 100 valence electrons. The fourth-order valence-electron chi connectivity index (χ4n) is 1.99. The lowest BCUT2D eigenvalue weighted by Crippen LogP contribution is -2.24. The number of hydrogen-bond acceptors (Lipinski definition) is 5. The highest BCUT2D eigenvalue weighted by Gasteiger charge is 2.24. The first-order valence-corrected chi connectivity index (χ1v) is 5.85. The molecular weight excluding hydrogens is 239 g/mol. The van der Waals surface area contributed by atoms with Crippen molar-refractivity contribution in [2.45, 2.75) is 18.8 Å². The molecule has 0 aliphatic carbocycles. The Balaban J connectivity index is 2.15. The summed E-state index contributed by atoms with van der Waals surface area (Å²) in [5, 5.41) is 3.05. The number of nitrogens with one attached hydrogen (secondary N) is 1. The number of nitrogens with zero attached hydrogens (tertiary/aromatic N) is 1. The molecule has 0 aromatic carbocycles. The molecule has 1 aromatic heterocycles. The molecule has 1 fully saturated rings. The van der Waals surface area contributed by atoms with E-state index in [-0.39, 0.29) is 18.2 Å². The van der Waals surface area contributed by atoms with Gasteiger partial charge in [-0.1, -0.05) is 0 Å². The second-order valence-corrected chi connectivity index (χ2v) is 3.97. The normalized spacial score (nSPS) is 17.9. The molecule has 5 nitrogen and oxygen atoms in total. The summed E-state index contributed by atoms with van der Waals surface area (Å²) >= 11 is 0. The van der Waals surface area contributed by atoms with Gasteiger partial charge in [-0.05, 0) is 13.1 Å². The van der Waals surface area contributed by atoms with Gasteiger partial charge in [-0.2, -0.15) is 0 Å². The highest BCUT2D eigenvalue weighted by Crippen LogP contribution is 2.27. The van der Waals surface area contributed by atoms with Crippen molar-refractivity contribution < 1.29 is 18.6 Å². The van der Waals surface area contributed by atoms with E-state index in [0.29, 0.717) is 25.2 Å². The smallest absolute Gasteiger partial charge is 0.250 e. The van der Waals surface area contributed by atoms with Gasteiger partial charge in [0, 0.05) is 24.2 Å². The minimum absolute atomic E-state index is 0.000934. The molecule has 0 spiro atoms. The average Bonchev–Trinajstić information content (AvgIpc) is 2.89. The van der Waals surface area contributed by atoms with Crippen LogP contribution in [0.5, 0.6) is 5.88 Å². The molecule has 2 heterocycles. The van der Waals surface area contributed by atoms with Crippen LogP contribution in [0.1, 0.15) is 18.0 Å². The van der Waals surface area contributed by atoms with Crippen molar-refractivity contribution in [3.8, 4) is 5.88 Å². The van der Waals surface area contributed by atoms with Crippen molar-refractivity contribution in [2.75, 3.05) is 27.4 Å². The van der Waals surface area contributed by atoms with Gasteiger partial charge in [-0.3, -0.25) is 0 Å². The summed E-state index contributed by atoms with van der Waals surface area (Å²) in [6, 6.07) is 1.43. The van der Waals surface area contributed by atoms with Crippen molar-refractivity contribution >= 4 is 0 Å². The molecule has 0 saturated carbocycles. The number of hydrogen-bond donors (Lipinski definition) is 1. The molecule has 2 rings (SSSR count). The highest BCUT2D eigenvalue weighted by atomic mass is 19.1. The van der Waals surface area contributed by atoms with Crippen LogP contribution < -0.4 is 10.1 Å². The number of methoxy groups -OCH3 is 1. The third kappa shape index (κ3) is 2.77. The predicted octanol–water partition coefficient (Wildman–Crippen LogP) is 1.25. The van der Waals surface area contributed by atoms with Crippen molar-refractivity contribution in [2.24, 2.45) is 0 Å². The van der Waals surface area contributed by atoms with Crippen LogP contribution in [0.15, 0.2) is 12.3 Å². The van der Waals surface area contributed by atoms with Gasteiger partial charge < -0.3 is 19.5 Å². The van der Waals surface area contributed by atoms with Gasteiger partial charge in [-0.15, -0.1) is 0 Å². The monoisotopic (exact) mass is 256 g/mol. The molecule has 1 aromatic rings. The topological polar surface area (TPSA) is 52.6 Å². The quantitative estimate of drug-likeness (QED) is 0.859. The maximum Gasteiger partial charge on any atom is 0.250 e. The van der Waals surface area contributed by atoms with E-state index in [2.05, 4.69) is 10.3 Å². The molecule has 1 atom stereocenters. The van der Waals surface area contributed by atoms with E-state index in [1.807, 2.05) is 0 Å². The molecule has 1 N–H and O–H groups in total. The Morgan fingerprint density at radius 3 is 2.89 bits per heavy atom. The average molecular weight is 256 g/mol. The third-order valence-electron chi connectivity index (χ3n) is 2.92. The minimum Gasteiger partial charge on any atom is -0.479 e. The van der Waals surface area contributed by atoms with Crippen LogP contribution in [0.2, 0.25) is 0 Å². The molecule has 0 bridgehead atoms. The van der Waals surface area contributed by atoms with Crippen LogP contribution in [0.4, 0.5) is 4.39 Å². The van der Waals surface area contributed by atoms with Crippen molar-refractivity contribution in [3.63, 3.8) is 0 Å². The Labute approximate surface area is 105 Å². The van der Waals surface area contributed by atoms with Gasteiger partial charge in [0.2, 0.25) is 5.88 Å². The molecule has 1 unspecified atom stereocenters. The van der Waals surface area contributed by atoms with Gasteiger partial charge >= 0.3 is 0 Å². The molecule has 1 aliphatic rings. The standard InChI is InChI=1S/C12H17FN2O3/c1-14-9(7-10-17-5-6-18-10)8-3-4-15-12(16-2)11(8)13/h3-4,9-10,14H,5-7H2,1-2H3. The first-order valence-electron chi connectivity index (χ1n) is 5.85. The van der Waals surface area contributed by atoms with Crippen LogP contribution in [0, 0.1) is 5.82 Å². The van der Waals surface area contributed by atoms with Gasteiger partial charge in [0.15, 0.2) is 12.1 Å². The Bertz CT molecular complexity index is 397. The van der Waals surface area contributed by atoms with E-state index < -0.39 is 5.82 Å². The summed E-state index contributed by atoms with van der Waals surface area (Å²) < 4.78 is 29.7. The van der Waals surface area contributed by atoms with Gasteiger partial charge in [0.1, 0.15) is 0 Å². The van der Waals surface area contributed by atoms with E-state index in [1.165, 1.54) is 13.3 Å². The zero-order valence-electron chi connectivity index (χ0n) is 10.5. The van der Waals surface area contributed by atoms with Gasteiger partial charge in [0.05, 0.1) is 20.3 Å². The lowest BCUT2D eigenvalue weighted by atomic mass is 10.0. The Morgan fingerprint density at radius 1 is 1.56 bits per heavy atom. The molecule has 6 heteroatoms. The number of aromatic nitrogens is 1. The zero-order valence-corrected chi connectivity index (χ0v) is 10.5. The summed E-state index contributed by atoms with van der Waals surface area (Å²) in [7, 11) is 3.17. The van der Waals surface area contributed by atoms with Crippen LogP contribution in [0.25, 0.3) is 0 Å². The van der Waals surface area contributed by atoms with Crippen LogP contribution >= 0.6 is 0 Å². The lowest BCUT2D eigenvalue weighted by molar-refractivity contribution is -0.0528. The summed E-state index contributed by atoms with van der Waals surface area (Å²) in [5.41, 5.74) is 0.503. The Morgan fingerprint density at radius 2 is 2.28 bits per heavy atom. The van der Waals surface area contributed by atoms with E-state index in [9.17, 15) is 4.39 Å². The van der Waals surface area contributed by atoms with E-state index >= 15 is 0 Å². The summed E-state index contributed by atoms with van der Waals surface area (Å²) in [6.07, 6.45) is 1.78. The summed E-state index contributed by atoms with van der Waals surface area (Å²) in [4.78, 5) is 3.82. The maximum atomic E-state index is 14.1. The number of ether oxygens (including phenoxy) is 3. The number of rotatable bonds is 5. The number of halogens is 1. The first-order chi connectivity index (χ1) is 8.76. The molecule has 1 saturated heterocycles. The lowest BCUT2D eigenvalue weighted by Gasteiger charge is -2.20. The Hall–Kier alpha value is -1.24. The summed E-state index contributed by atoms with van der Waals surface area (Å²) in [6.45, 7) is 1.17. The molecule has 0 radical (unpaired) electrons. The van der Waals surface area contributed by atoms with Gasteiger partial charge in [-0.25, -0.2) is 9.37 Å². The first kappa shape index (κ1) is 13.2. The second kappa shape index (κ2) is 6.08. The molecule has 18 heavy (non-hydrogen) atoms. The van der Waals surface area contributed by atoms with Crippen molar-refractivity contribution in [3.05, 3.63) is 23.6 Å². The molecule has 1 aliphatic heterocycles. The zero-order chi connectivity index (χ0) is 13.0.